The number of rotatable bonds is 6. The molecule has 2 aliphatic rings. The standard InChI is InChI=1S/C18H27N3O2/c22-18(20-15-8-4-5-9-15)17-11-10-16(12-19-17)21-23-13-14-6-2-1-3-7-14/h1-3,6-7,15-17,19,21H,4-5,8-13H2,(H,20,22). The van der Waals surface area contributed by atoms with Gasteiger partial charge in [-0.3, -0.25) is 9.63 Å². The van der Waals surface area contributed by atoms with Gasteiger partial charge in [0.05, 0.1) is 12.6 Å². The Hall–Kier alpha value is -1.43. The van der Waals surface area contributed by atoms with Crippen molar-refractivity contribution in [1.29, 1.82) is 0 Å². The van der Waals surface area contributed by atoms with Crippen LogP contribution in [0.15, 0.2) is 30.3 Å². The van der Waals surface area contributed by atoms with Gasteiger partial charge in [0.1, 0.15) is 0 Å². The molecule has 1 aromatic carbocycles. The van der Waals surface area contributed by atoms with Crippen LogP contribution in [0.5, 0.6) is 0 Å². The maximum Gasteiger partial charge on any atom is 0.237 e. The van der Waals surface area contributed by atoms with Gasteiger partial charge in [-0.2, -0.15) is 5.48 Å². The number of hydrogen-bond donors (Lipinski definition) is 3. The summed E-state index contributed by atoms with van der Waals surface area (Å²) >= 11 is 0. The number of carbonyl (C=O) groups is 1. The molecule has 0 radical (unpaired) electrons. The van der Waals surface area contributed by atoms with E-state index in [2.05, 4.69) is 16.1 Å². The molecule has 0 spiro atoms. The number of nitrogens with one attached hydrogen (secondary N) is 3. The van der Waals surface area contributed by atoms with Gasteiger partial charge >= 0.3 is 0 Å². The lowest BCUT2D eigenvalue weighted by Crippen LogP contribution is -2.54. The third kappa shape index (κ3) is 5.03. The molecule has 1 saturated heterocycles. The fraction of sp³-hybridized carbons (Fsp3) is 0.611. The van der Waals surface area contributed by atoms with E-state index in [9.17, 15) is 4.79 Å². The van der Waals surface area contributed by atoms with Crippen molar-refractivity contribution in [2.75, 3.05) is 6.54 Å². The predicted octanol–water partition coefficient (Wildman–Crippen LogP) is 1.89. The highest BCUT2D eigenvalue weighted by Crippen LogP contribution is 2.18. The molecule has 1 aromatic rings. The summed E-state index contributed by atoms with van der Waals surface area (Å²) in [7, 11) is 0. The second-order valence-corrected chi connectivity index (χ2v) is 6.62. The van der Waals surface area contributed by atoms with Gasteiger partial charge in [-0.05, 0) is 31.2 Å². The molecule has 23 heavy (non-hydrogen) atoms. The second-order valence-electron chi connectivity index (χ2n) is 6.62. The maximum absolute atomic E-state index is 12.2. The van der Waals surface area contributed by atoms with E-state index in [1.54, 1.807) is 0 Å². The van der Waals surface area contributed by atoms with Crippen molar-refractivity contribution in [3.05, 3.63) is 35.9 Å². The predicted molar refractivity (Wildman–Crippen MR) is 89.6 cm³/mol. The maximum atomic E-state index is 12.2. The first-order valence-electron chi connectivity index (χ1n) is 8.76. The molecule has 2 unspecified atom stereocenters. The van der Waals surface area contributed by atoms with E-state index >= 15 is 0 Å². The van der Waals surface area contributed by atoms with Crippen LogP contribution >= 0.6 is 0 Å². The summed E-state index contributed by atoms with van der Waals surface area (Å²) in [5.74, 6) is 0.167. The SMILES string of the molecule is O=C(NC1CCCC1)C1CCC(NOCc2ccccc2)CN1. The van der Waals surface area contributed by atoms with Crippen LogP contribution in [0.4, 0.5) is 0 Å². The first-order chi connectivity index (χ1) is 11.3. The van der Waals surface area contributed by atoms with Gasteiger partial charge < -0.3 is 10.6 Å². The fourth-order valence-electron chi connectivity index (χ4n) is 3.37. The van der Waals surface area contributed by atoms with Gasteiger partial charge in [0.2, 0.25) is 5.91 Å². The Labute approximate surface area is 138 Å². The minimum absolute atomic E-state index is 0.0530. The minimum atomic E-state index is -0.0530. The highest BCUT2D eigenvalue weighted by atomic mass is 16.6. The van der Waals surface area contributed by atoms with Crippen molar-refractivity contribution in [2.45, 2.75) is 63.3 Å². The molecule has 1 amide bonds. The number of amides is 1. The zero-order valence-electron chi connectivity index (χ0n) is 13.6. The van der Waals surface area contributed by atoms with Crippen molar-refractivity contribution < 1.29 is 9.63 Å². The molecule has 2 fully saturated rings. The van der Waals surface area contributed by atoms with Crippen LogP contribution in [0.25, 0.3) is 0 Å². The highest BCUT2D eigenvalue weighted by Gasteiger charge is 2.27. The Kier molecular flexibility index (Phi) is 6.02. The van der Waals surface area contributed by atoms with E-state index in [1.165, 1.54) is 12.8 Å². The molecule has 0 bridgehead atoms. The summed E-state index contributed by atoms with van der Waals surface area (Å²) in [6.45, 7) is 1.32. The molecule has 1 heterocycles. The van der Waals surface area contributed by atoms with Crippen LogP contribution in [0, 0.1) is 0 Å². The lowest BCUT2D eigenvalue weighted by molar-refractivity contribution is -0.124. The summed E-state index contributed by atoms with van der Waals surface area (Å²) in [4.78, 5) is 17.8. The van der Waals surface area contributed by atoms with Crippen molar-refractivity contribution in [2.24, 2.45) is 0 Å². The molecular formula is C18H27N3O2. The van der Waals surface area contributed by atoms with E-state index in [1.807, 2.05) is 30.3 Å². The molecule has 0 aromatic heterocycles. The summed E-state index contributed by atoms with van der Waals surface area (Å²) in [6.07, 6.45) is 6.56. The fourth-order valence-corrected chi connectivity index (χ4v) is 3.37. The monoisotopic (exact) mass is 317 g/mol. The highest BCUT2D eigenvalue weighted by molar-refractivity contribution is 5.82. The smallest absolute Gasteiger partial charge is 0.237 e. The van der Waals surface area contributed by atoms with Crippen molar-refractivity contribution >= 4 is 5.91 Å². The molecule has 5 nitrogen and oxygen atoms in total. The number of hydrogen-bond acceptors (Lipinski definition) is 4. The topological polar surface area (TPSA) is 62.4 Å². The minimum Gasteiger partial charge on any atom is -0.352 e. The van der Waals surface area contributed by atoms with Gasteiger partial charge in [0.25, 0.3) is 0 Å². The van der Waals surface area contributed by atoms with Gasteiger partial charge in [-0.1, -0.05) is 43.2 Å². The number of carbonyl (C=O) groups excluding carboxylic acids is 1. The molecule has 2 atom stereocenters. The van der Waals surface area contributed by atoms with Gasteiger partial charge in [0, 0.05) is 18.6 Å². The van der Waals surface area contributed by atoms with E-state index < -0.39 is 0 Å². The Balaban J connectivity index is 1.32. The first-order valence-corrected chi connectivity index (χ1v) is 8.76. The Bertz CT molecular complexity index is 480. The number of benzene rings is 1. The third-order valence-electron chi connectivity index (χ3n) is 4.76. The molecule has 126 valence electrons. The largest absolute Gasteiger partial charge is 0.352 e. The Morgan fingerprint density at radius 1 is 1.09 bits per heavy atom. The third-order valence-corrected chi connectivity index (χ3v) is 4.76. The molecular weight excluding hydrogens is 290 g/mol. The molecule has 5 heteroatoms. The molecule has 1 aliphatic heterocycles. The van der Waals surface area contributed by atoms with Crippen LogP contribution in [0.3, 0.4) is 0 Å². The zero-order valence-corrected chi connectivity index (χ0v) is 13.6. The van der Waals surface area contributed by atoms with E-state index in [0.717, 1.165) is 37.8 Å². The molecule has 3 N–H and O–H groups in total. The van der Waals surface area contributed by atoms with Crippen LogP contribution in [0.1, 0.15) is 44.1 Å². The van der Waals surface area contributed by atoms with Crippen molar-refractivity contribution in [3.8, 4) is 0 Å². The van der Waals surface area contributed by atoms with E-state index in [0.29, 0.717) is 12.6 Å². The van der Waals surface area contributed by atoms with Crippen LogP contribution in [-0.4, -0.2) is 30.6 Å². The normalized spacial score (nSPS) is 25.4. The average molecular weight is 317 g/mol. The van der Waals surface area contributed by atoms with Crippen molar-refractivity contribution in [1.82, 2.24) is 16.1 Å². The summed E-state index contributed by atoms with van der Waals surface area (Å²) in [6, 6.07) is 10.7. The molecule has 1 saturated carbocycles. The first kappa shape index (κ1) is 16.4. The Morgan fingerprint density at radius 3 is 2.57 bits per heavy atom. The summed E-state index contributed by atoms with van der Waals surface area (Å²) in [5, 5.41) is 6.51. The lowest BCUT2D eigenvalue weighted by Gasteiger charge is -2.30. The quantitative estimate of drug-likeness (QED) is 0.701. The second kappa shape index (κ2) is 8.43. The molecule has 3 rings (SSSR count). The van der Waals surface area contributed by atoms with Crippen LogP contribution in [0.2, 0.25) is 0 Å². The summed E-state index contributed by atoms with van der Waals surface area (Å²) in [5.41, 5.74) is 4.26. The van der Waals surface area contributed by atoms with Gasteiger partial charge in [0.15, 0.2) is 0 Å². The number of hydroxylamine groups is 1. The van der Waals surface area contributed by atoms with Crippen LogP contribution in [-0.2, 0) is 16.2 Å². The average Bonchev–Trinajstić information content (AvgIpc) is 3.09. The van der Waals surface area contributed by atoms with E-state index in [-0.39, 0.29) is 18.0 Å². The van der Waals surface area contributed by atoms with Gasteiger partial charge in [-0.25, -0.2) is 0 Å². The Morgan fingerprint density at radius 2 is 1.87 bits per heavy atom. The van der Waals surface area contributed by atoms with Crippen LogP contribution < -0.4 is 16.1 Å². The zero-order chi connectivity index (χ0) is 15.9. The number of piperidine rings is 1. The molecule has 1 aliphatic carbocycles. The van der Waals surface area contributed by atoms with Gasteiger partial charge in [-0.15, -0.1) is 0 Å². The lowest BCUT2D eigenvalue weighted by atomic mass is 10.0. The summed E-state index contributed by atoms with van der Waals surface area (Å²) < 4.78 is 0. The van der Waals surface area contributed by atoms with Crippen molar-refractivity contribution in [3.63, 3.8) is 0 Å². The van der Waals surface area contributed by atoms with E-state index in [4.69, 9.17) is 4.84 Å².